The molecule has 1 aliphatic rings. The van der Waals surface area contributed by atoms with Gasteiger partial charge in [-0.3, -0.25) is 4.79 Å². The van der Waals surface area contributed by atoms with E-state index in [1.54, 1.807) is 0 Å². The van der Waals surface area contributed by atoms with E-state index in [9.17, 15) is 4.79 Å². The lowest BCUT2D eigenvalue weighted by molar-refractivity contribution is -0.133. The molecule has 4 nitrogen and oxygen atoms in total. The molecule has 1 amide bonds. The van der Waals surface area contributed by atoms with Crippen molar-refractivity contribution >= 4 is 5.91 Å². The van der Waals surface area contributed by atoms with Gasteiger partial charge in [-0.25, -0.2) is 4.98 Å². The molecule has 1 aliphatic heterocycles. The molecule has 0 unspecified atom stereocenters. The predicted octanol–water partition coefficient (Wildman–Crippen LogP) is 4.37. The molecule has 2 heterocycles. The summed E-state index contributed by atoms with van der Waals surface area (Å²) in [6.45, 7) is 7.17. The molecule has 1 aromatic carbocycles. The van der Waals surface area contributed by atoms with Gasteiger partial charge in [-0.15, -0.1) is 0 Å². The molecule has 25 heavy (non-hydrogen) atoms. The molecule has 2 aromatic rings. The molecule has 0 N–H and O–H groups in total. The Bertz CT molecular complexity index is 684. The number of carbonyl (C=O) groups excluding carboxylic acids is 1. The van der Waals surface area contributed by atoms with Crippen molar-refractivity contribution in [3.8, 4) is 11.3 Å². The lowest BCUT2D eigenvalue weighted by atomic mass is 9.76. The summed E-state index contributed by atoms with van der Waals surface area (Å²) in [6.07, 6.45) is 9.10. The Kier molecular flexibility index (Phi) is 5.57. The molecule has 3 rings (SSSR count). The van der Waals surface area contributed by atoms with Gasteiger partial charge in [0.15, 0.2) is 0 Å². The zero-order valence-corrected chi connectivity index (χ0v) is 15.4. The van der Waals surface area contributed by atoms with Crippen molar-refractivity contribution in [3.63, 3.8) is 0 Å². The molecule has 1 aromatic heterocycles. The summed E-state index contributed by atoms with van der Waals surface area (Å²) < 4.78 is 2.26. The third kappa shape index (κ3) is 4.30. The molecule has 0 saturated carbocycles. The van der Waals surface area contributed by atoms with E-state index in [0.717, 1.165) is 38.9 Å². The van der Waals surface area contributed by atoms with Gasteiger partial charge in [-0.05, 0) is 36.7 Å². The molecule has 1 saturated heterocycles. The highest BCUT2D eigenvalue weighted by molar-refractivity contribution is 5.75. The Labute approximate surface area is 150 Å². The third-order valence-corrected chi connectivity index (χ3v) is 5.59. The van der Waals surface area contributed by atoms with Gasteiger partial charge < -0.3 is 9.47 Å². The van der Waals surface area contributed by atoms with E-state index >= 15 is 0 Å². The maximum Gasteiger partial charge on any atom is 0.222 e. The van der Waals surface area contributed by atoms with E-state index in [1.807, 2.05) is 30.4 Å². The van der Waals surface area contributed by atoms with Gasteiger partial charge in [0, 0.05) is 26.1 Å². The van der Waals surface area contributed by atoms with Crippen molar-refractivity contribution in [2.24, 2.45) is 5.41 Å². The number of carbonyl (C=O) groups is 1. The minimum absolute atomic E-state index is 0.299. The van der Waals surface area contributed by atoms with E-state index in [2.05, 4.69) is 40.7 Å². The first-order valence-electron chi connectivity index (χ1n) is 9.45. The highest BCUT2D eigenvalue weighted by Crippen LogP contribution is 2.36. The minimum Gasteiger partial charge on any atom is -0.343 e. The van der Waals surface area contributed by atoms with Crippen LogP contribution in [0.2, 0.25) is 0 Å². The Balaban J connectivity index is 1.52. The second kappa shape index (κ2) is 7.85. The molecule has 134 valence electrons. The van der Waals surface area contributed by atoms with Crippen LogP contribution < -0.4 is 0 Å². The molecule has 0 aliphatic carbocycles. The Morgan fingerprint density at radius 2 is 1.92 bits per heavy atom. The molecule has 1 fully saturated rings. The van der Waals surface area contributed by atoms with Crippen LogP contribution in [0.4, 0.5) is 0 Å². The van der Waals surface area contributed by atoms with Crippen LogP contribution in [-0.4, -0.2) is 33.4 Å². The van der Waals surface area contributed by atoms with Crippen molar-refractivity contribution in [1.82, 2.24) is 14.5 Å². The number of nitrogens with zero attached hydrogens (tertiary/aromatic N) is 3. The second-order valence-electron chi connectivity index (χ2n) is 7.49. The highest BCUT2D eigenvalue weighted by Gasteiger charge is 2.30. The number of hydrogen-bond acceptors (Lipinski definition) is 2. The molecule has 0 bridgehead atoms. The number of amides is 1. The van der Waals surface area contributed by atoms with Crippen molar-refractivity contribution in [2.75, 3.05) is 13.1 Å². The van der Waals surface area contributed by atoms with Gasteiger partial charge in [0.05, 0.1) is 18.2 Å². The smallest absolute Gasteiger partial charge is 0.222 e. The first-order valence-corrected chi connectivity index (χ1v) is 9.45. The molecule has 0 spiro atoms. The predicted molar refractivity (Wildman–Crippen MR) is 101 cm³/mol. The number of imidazole rings is 1. The fraction of sp³-hybridized carbons (Fsp3) is 0.524. The van der Waals surface area contributed by atoms with E-state index in [4.69, 9.17) is 0 Å². The van der Waals surface area contributed by atoms with Crippen LogP contribution in [0, 0.1) is 5.41 Å². The van der Waals surface area contributed by atoms with E-state index < -0.39 is 0 Å². The summed E-state index contributed by atoms with van der Waals surface area (Å²) >= 11 is 0. The summed E-state index contributed by atoms with van der Waals surface area (Å²) in [4.78, 5) is 18.2. The summed E-state index contributed by atoms with van der Waals surface area (Å²) in [5.74, 6) is 0.299. The first-order chi connectivity index (χ1) is 12.1. The van der Waals surface area contributed by atoms with Crippen molar-refractivity contribution in [1.29, 1.82) is 0 Å². The molecule has 0 atom stereocenters. The molecule has 0 radical (unpaired) electrons. The standard InChI is InChI=1S/C21H29N3O/c1-3-20(25)23-14-11-21(2,12-15-23)10-7-13-24-17-22-16-19(24)18-8-5-4-6-9-18/h4-6,8-9,16-17H,3,7,10-15H2,1-2H3. The van der Waals surface area contributed by atoms with Gasteiger partial charge >= 0.3 is 0 Å². The normalized spacial score (nSPS) is 16.8. The fourth-order valence-corrected chi connectivity index (χ4v) is 3.79. The molecule has 4 heteroatoms. The van der Waals surface area contributed by atoms with Crippen LogP contribution in [0.1, 0.15) is 46.0 Å². The number of rotatable bonds is 6. The van der Waals surface area contributed by atoms with E-state index in [0.29, 0.717) is 17.7 Å². The third-order valence-electron chi connectivity index (χ3n) is 5.59. The van der Waals surface area contributed by atoms with Crippen LogP contribution in [0.3, 0.4) is 0 Å². The molecular weight excluding hydrogens is 310 g/mol. The van der Waals surface area contributed by atoms with Crippen LogP contribution in [0.15, 0.2) is 42.9 Å². The summed E-state index contributed by atoms with van der Waals surface area (Å²) in [6, 6.07) is 10.4. The van der Waals surface area contributed by atoms with Crippen LogP contribution in [0.25, 0.3) is 11.3 Å². The topological polar surface area (TPSA) is 38.1 Å². The largest absolute Gasteiger partial charge is 0.343 e. The van der Waals surface area contributed by atoms with Crippen LogP contribution in [0.5, 0.6) is 0 Å². The second-order valence-corrected chi connectivity index (χ2v) is 7.49. The summed E-state index contributed by atoms with van der Waals surface area (Å²) in [5, 5.41) is 0. The van der Waals surface area contributed by atoms with Gasteiger partial charge in [-0.2, -0.15) is 0 Å². The Morgan fingerprint density at radius 1 is 1.20 bits per heavy atom. The van der Waals surface area contributed by atoms with Gasteiger partial charge in [0.25, 0.3) is 0 Å². The maximum absolute atomic E-state index is 11.8. The van der Waals surface area contributed by atoms with E-state index in [1.165, 1.54) is 17.7 Å². The lowest BCUT2D eigenvalue weighted by Gasteiger charge is -2.39. The quantitative estimate of drug-likeness (QED) is 0.784. The SMILES string of the molecule is CCC(=O)N1CCC(C)(CCCn2cncc2-c2ccccc2)CC1. The fourth-order valence-electron chi connectivity index (χ4n) is 3.79. The Morgan fingerprint density at radius 3 is 2.60 bits per heavy atom. The maximum atomic E-state index is 11.8. The summed E-state index contributed by atoms with van der Waals surface area (Å²) in [7, 11) is 0. The number of hydrogen-bond donors (Lipinski definition) is 0. The van der Waals surface area contributed by atoms with Gasteiger partial charge in [0.1, 0.15) is 0 Å². The van der Waals surface area contributed by atoms with Crippen molar-refractivity contribution in [3.05, 3.63) is 42.9 Å². The Hall–Kier alpha value is -2.10. The number of likely N-dealkylation sites (tertiary alicyclic amines) is 1. The van der Waals surface area contributed by atoms with Gasteiger partial charge in [-0.1, -0.05) is 44.2 Å². The average Bonchev–Trinajstić information content (AvgIpc) is 3.11. The van der Waals surface area contributed by atoms with Crippen molar-refractivity contribution in [2.45, 2.75) is 52.5 Å². The van der Waals surface area contributed by atoms with Crippen molar-refractivity contribution < 1.29 is 4.79 Å². The minimum atomic E-state index is 0.299. The number of benzene rings is 1. The van der Waals surface area contributed by atoms with Crippen LogP contribution >= 0.6 is 0 Å². The monoisotopic (exact) mass is 339 g/mol. The summed E-state index contributed by atoms with van der Waals surface area (Å²) in [5.41, 5.74) is 2.77. The number of aromatic nitrogens is 2. The van der Waals surface area contributed by atoms with E-state index in [-0.39, 0.29) is 0 Å². The zero-order valence-electron chi connectivity index (χ0n) is 15.4. The number of aryl methyl sites for hydroxylation is 1. The highest BCUT2D eigenvalue weighted by atomic mass is 16.2. The average molecular weight is 339 g/mol. The lowest BCUT2D eigenvalue weighted by Crippen LogP contribution is -2.41. The first kappa shape index (κ1) is 17.7. The zero-order chi connectivity index (χ0) is 17.7. The van der Waals surface area contributed by atoms with Crippen LogP contribution in [-0.2, 0) is 11.3 Å². The number of piperidine rings is 1. The molecular formula is C21H29N3O. The van der Waals surface area contributed by atoms with Gasteiger partial charge in [0.2, 0.25) is 5.91 Å².